The predicted octanol–water partition coefficient (Wildman–Crippen LogP) is 12.9. The van der Waals surface area contributed by atoms with E-state index >= 15 is 0 Å². The fourth-order valence-corrected chi connectivity index (χ4v) is 8.85. The molecule has 4 heterocycles. The van der Waals surface area contributed by atoms with Crippen LogP contribution in [0.4, 0.5) is 0 Å². The highest BCUT2D eigenvalue weighted by Crippen LogP contribution is 2.42. The second-order valence-corrected chi connectivity index (χ2v) is 13.7. The smallest absolute Gasteiger partial charge is 0.159 e. The zero-order valence-electron chi connectivity index (χ0n) is 28.0. The molecule has 0 aliphatic heterocycles. The SMILES string of the molecule is c1ccc2c(c1)c1ccccc1n2-c1ccc2c(c1)oc1c(-n3c4ccccc4c4ccccc43)cc(-n3c4ccccc4c4ccccc43)cc12. The number of fused-ring (bicyclic) bond motifs is 12. The topological polar surface area (TPSA) is 27.9 Å². The largest absolute Gasteiger partial charge is 0.454 e. The molecule has 0 saturated carbocycles. The van der Waals surface area contributed by atoms with Crippen LogP contribution >= 0.6 is 0 Å². The lowest BCUT2D eigenvalue weighted by Crippen LogP contribution is -1.99. The molecule has 0 bridgehead atoms. The van der Waals surface area contributed by atoms with Gasteiger partial charge in [0, 0.05) is 60.5 Å². The van der Waals surface area contributed by atoms with Crippen LogP contribution in [0.5, 0.6) is 0 Å². The molecule has 0 fully saturated rings. The van der Waals surface area contributed by atoms with E-state index in [0.717, 1.165) is 50.0 Å². The van der Waals surface area contributed by atoms with Crippen molar-refractivity contribution in [3.8, 4) is 17.1 Å². The van der Waals surface area contributed by atoms with Crippen LogP contribution in [0.1, 0.15) is 0 Å². The van der Waals surface area contributed by atoms with Gasteiger partial charge < -0.3 is 18.1 Å². The van der Waals surface area contributed by atoms with Crippen LogP contribution in [0.15, 0.2) is 180 Å². The fraction of sp³-hybridized carbons (Fsp3) is 0. The molecule has 242 valence electrons. The summed E-state index contributed by atoms with van der Waals surface area (Å²) in [6, 6.07) is 63.4. The molecule has 12 rings (SSSR count). The Kier molecular flexibility index (Phi) is 5.47. The Balaban J connectivity index is 1.21. The molecule has 4 heteroatoms. The van der Waals surface area contributed by atoms with Gasteiger partial charge in [-0.05, 0) is 60.7 Å². The summed E-state index contributed by atoms with van der Waals surface area (Å²) >= 11 is 0. The van der Waals surface area contributed by atoms with Crippen LogP contribution < -0.4 is 0 Å². The van der Waals surface area contributed by atoms with Crippen LogP contribution in [0.25, 0.3) is 104 Å². The summed E-state index contributed by atoms with van der Waals surface area (Å²) < 4.78 is 14.2. The highest BCUT2D eigenvalue weighted by Gasteiger charge is 2.22. The van der Waals surface area contributed by atoms with E-state index < -0.39 is 0 Å². The number of hydrogen-bond donors (Lipinski definition) is 0. The molecule has 0 spiro atoms. The summed E-state index contributed by atoms with van der Waals surface area (Å²) in [5.74, 6) is 0. The first-order chi connectivity index (χ1) is 25.8. The highest BCUT2D eigenvalue weighted by atomic mass is 16.3. The van der Waals surface area contributed by atoms with E-state index in [4.69, 9.17) is 4.42 Å². The summed E-state index contributed by atoms with van der Waals surface area (Å²) in [4.78, 5) is 0. The van der Waals surface area contributed by atoms with Crippen molar-refractivity contribution in [3.05, 3.63) is 176 Å². The van der Waals surface area contributed by atoms with Crippen molar-refractivity contribution in [2.75, 3.05) is 0 Å². The van der Waals surface area contributed by atoms with E-state index in [0.29, 0.717) is 0 Å². The molecule has 0 aliphatic rings. The van der Waals surface area contributed by atoms with Crippen molar-refractivity contribution >= 4 is 87.4 Å². The number of para-hydroxylation sites is 6. The van der Waals surface area contributed by atoms with E-state index in [1.54, 1.807) is 0 Å². The molecule has 4 aromatic heterocycles. The van der Waals surface area contributed by atoms with E-state index in [9.17, 15) is 0 Å². The van der Waals surface area contributed by atoms with Gasteiger partial charge in [0.1, 0.15) is 5.58 Å². The molecule has 8 aromatic carbocycles. The molecule has 0 atom stereocenters. The normalized spacial score (nSPS) is 12.2. The van der Waals surface area contributed by atoms with Crippen molar-refractivity contribution in [1.82, 2.24) is 13.7 Å². The van der Waals surface area contributed by atoms with Gasteiger partial charge >= 0.3 is 0 Å². The monoisotopic (exact) mass is 663 g/mol. The van der Waals surface area contributed by atoms with Gasteiger partial charge in [-0.25, -0.2) is 0 Å². The van der Waals surface area contributed by atoms with Crippen LogP contribution in [0, 0.1) is 0 Å². The van der Waals surface area contributed by atoms with E-state index in [-0.39, 0.29) is 0 Å². The third-order valence-corrected chi connectivity index (χ3v) is 11.0. The molecule has 52 heavy (non-hydrogen) atoms. The third-order valence-electron chi connectivity index (χ3n) is 11.0. The van der Waals surface area contributed by atoms with Crippen molar-refractivity contribution < 1.29 is 4.42 Å². The van der Waals surface area contributed by atoms with E-state index in [1.165, 1.54) is 54.4 Å². The summed E-state index contributed by atoms with van der Waals surface area (Å²) in [6.45, 7) is 0. The maximum atomic E-state index is 7.07. The molecule has 0 radical (unpaired) electrons. The fourth-order valence-electron chi connectivity index (χ4n) is 8.85. The van der Waals surface area contributed by atoms with Gasteiger partial charge in [-0.1, -0.05) is 109 Å². The first-order valence-corrected chi connectivity index (χ1v) is 17.8. The summed E-state index contributed by atoms with van der Waals surface area (Å²) in [6.07, 6.45) is 0. The van der Waals surface area contributed by atoms with Gasteiger partial charge in [0.15, 0.2) is 5.58 Å². The number of hydrogen-bond acceptors (Lipinski definition) is 1. The maximum Gasteiger partial charge on any atom is 0.159 e. The number of furan rings is 1. The average Bonchev–Trinajstić information content (AvgIpc) is 3.94. The minimum absolute atomic E-state index is 0.857. The number of benzene rings is 8. The molecule has 0 amide bonds. The summed E-state index contributed by atoms with van der Waals surface area (Å²) in [7, 11) is 0. The lowest BCUT2D eigenvalue weighted by molar-refractivity contribution is 0.666. The standard InChI is InChI=1S/C48H29N3O/c1-7-19-40-32(13-1)33-14-2-8-20-41(33)49(40)30-25-26-38-39-27-31(50-42-21-9-3-15-34(42)35-16-4-10-22-43(35)50)28-46(48(39)52-47(38)29-30)51-44-23-11-5-17-36(44)37-18-6-12-24-45(37)51/h1-29H. The molecule has 0 unspecified atom stereocenters. The number of nitrogens with zero attached hydrogens (tertiary/aromatic N) is 3. The first kappa shape index (κ1) is 27.7. The van der Waals surface area contributed by atoms with Crippen LogP contribution in [0.2, 0.25) is 0 Å². The van der Waals surface area contributed by atoms with E-state index in [1.807, 2.05) is 0 Å². The van der Waals surface area contributed by atoms with Crippen molar-refractivity contribution in [1.29, 1.82) is 0 Å². The van der Waals surface area contributed by atoms with Crippen LogP contribution in [-0.4, -0.2) is 13.7 Å². The molecule has 0 saturated heterocycles. The third kappa shape index (κ3) is 3.65. The van der Waals surface area contributed by atoms with Crippen molar-refractivity contribution in [2.45, 2.75) is 0 Å². The molecule has 0 aliphatic carbocycles. The number of rotatable bonds is 3. The Morgan fingerprint density at radius 1 is 0.288 bits per heavy atom. The van der Waals surface area contributed by atoms with Crippen LogP contribution in [0.3, 0.4) is 0 Å². The second kappa shape index (κ2) is 10.3. The number of aromatic nitrogens is 3. The zero-order valence-corrected chi connectivity index (χ0v) is 28.0. The van der Waals surface area contributed by atoms with Crippen molar-refractivity contribution in [2.24, 2.45) is 0 Å². The minimum Gasteiger partial charge on any atom is -0.454 e. The average molecular weight is 664 g/mol. The van der Waals surface area contributed by atoms with Gasteiger partial charge in [-0.15, -0.1) is 0 Å². The molecular formula is C48H29N3O. The van der Waals surface area contributed by atoms with Gasteiger partial charge in [-0.2, -0.15) is 0 Å². The zero-order chi connectivity index (χ0) is 33.9. The van der Waals surface area contributed by atoms with E-state index in [2.05, 4.69) is 190 Å². The summed E-state index contributed by atoms with van der Waals surface area (Å²) in [5.41, 5.74) is 11.9. The van der Waals surface area contributed by atoms with Gasteiger partial charge in [0.05, 0.1) is 38.8 Å². The van der Waals surface area contributed by atoms with Crippen molar-refractivity contribution in [3.63, 3.8) is 0 Å². The lowest BCUT2D eigenvalue weighted by Gasteiger charge is -2.14. The Morgan fingerprint density at radius 3 is 1.12 bits per heavy atom. The Bertz CT molecular complexity index is 3260. The summed E-state index contributed by atoms with van der Waals surface area (Å²) in [5, 5.41) is 9.58. The van der Waals surface area contributed by atoms with Gasteiger partial charge in [-0.3, -0.25) is 0 Å². The molecular weight excluding hydrogens is 635 g/mol. The molecule has 4 nitrogen and oxygen atoms in total. The predicted molar refractivity (Wildman–Crippen MR) is 217 cm³/mol. The first-order valence-electron chi connectivity index (χ1n) is 17.8. The van der Waals surface area contributed by atoms with Gasteiger partial charge in [0.2, 0.25) is 0 Å². The van der Waals surface area contributed by atoms with Crippen LogP contribution in [-0.2, 0) is 0 Å². The quantitative estimate of drug-likeness (QED) is 0.185. The Morgan fingerprint density at radius 2 is 0.673 bits per heavy atom. The Labute approximate surface area is 297 Å². The van der Waals surface area contributed by atoms with Gasteiger partial charge in [0.25, 0.3) is 0 Å². The highest BCUT2D eigenvalue weighted by molar-refractivity contribution is 6.15. The maximum absolute atomic E-state index is 7.07. The molecule has 12 aromatic rings. The minimum atomic E-state index is 0.857. The molecule has 0 N–H and O–H groups in total. The lowest BCUT2D eigenvalue weighted by atomic mass is 10.1. The second-order valence-electron chi connectivity index (χ2n) is 13.7. The Hall–Kier alpha value is -7.04.